The van der Waals surface area contributed by atoms with Crippen LogP contribution in [0.25, 0.3) is 0 Å². The fourth-order valence-corrected chi connectivity index (χ4v) is 3.52. The number of ether oxygens (including phenoxy) is 1. The third kappa shape index (κ3) is 2.80. The van der Waals surface area contributed by atoms with Gasteiger partial charge >= 0.3 is 0 Å². The molecule has 2 aromatic heterocycles. The largest absolute Gasteiger partial charge is 0.465 e. The van der Waals surface area contributed by atoms with E-state index in [9.17, 15) is 4.79 Å². The van der Waals surface area contributed by atoms with Crippen LogP contribution >= 0.6 is 0 Å². The number of H-pyrrole nitrogens is 1. The number of carbonyl (C=O) groups is 1. The molecular formula is C17H21N3O3. The summed E-state index contributed by atoms with van der Waals surface area (Å²) >= 11 is 0. The van der Waals surface area contributed by atoms with Crippen molar-refractivity contribution < 1.29 is 13.9 Å². The molecule has 2 aromatic rings. The van der Waals surface area contributed by atoms with Crippen LogP contribution in [0, 0.1) is 6.92 Å². The van der Waals surface area contributed by atoms with Crippen LogP contribution < -0.4 is 0 Å². The number of hydrogen-bond acceptors (Lipinski definition) is 4. The predicted molar refractivity (Wildman–Crippen MR) is 84.1 cm³/mol. The smallest absolute Gasteiger partial charge is 0.270 e. The van der Waals surface area contributed by atoms with Crippen molar-refractivity contribution in [2.45, 2.75) is 25.6 Å². The van der Waals surface area contributed by atoms with E-state index in [2.05, 4.69) is 9.88 Å². The van der Waals surface area contributed by atoms with Crippen LogP contribution in [-0.4, -0.2) is 59.1 Å². The van der Waals surface area contributed by atoms with Gasteiger partial charge < -0.3 is 19.0 Å². The van der Waals surface area contributed by atoms with Crippen LogP contribution in [0.3, 0.4) is 0 Å². The zero-order chi connectivity index (χ0) is 15.8. The van der Waals surface area contributed by atoms with Crippen LogP contribution in [-0.2, 0) is 11.3 Å². The standard InChI is InChI=1S/C17H21N3O3/c1-12-4-5-13(23-12)9-19-7-8-22-16-11-20(10-15(16)19)17(21)14-3-2-6-18-14/h2-6,15-16,18H,7-11H2,1H3/t15-,16+/m0/s1. The monoisotopic (exact) mass is 315 g/mol. The number of fused-ring (bicyclic) bond motifs is 1. The average Bonchev–Trinajstić information content (AvgIpc) is 3.26. The van der Waals surface area contributed by atoms with Gasteiger partial charge in [0.25, 0.3) is 5.91 Å². The van der Waals surface area contributed by atoms with Crippen molar-refractivity contribution in [1.29, 1.82) is 0 Å². The number of likely N-dealkylation sites (tertiary alicyclic amines) is 1. The van der Waals surface area contributed by atoms with E-state index in [0.717, 1.165) is 24.6 Å². The highest BCUT2D eigenvalue weighted by Gasteiger charge is 2.42. The second kappa shape index (κ2) is 5.86. The summed E-state index contributed by atoms with van der Waals surface area (Å²) in [7, 11) is 0. The molecule has 2 saturated heterocycles. The van der Waals surface area contributed by atoms with E-state index >= 15 is 0 Å². The summed E-state index contributed by atoms with van der Waals surface area (Å²) in [6.07, 6.45) is 1.86. The van der Waals surface area contributed by atoms with Crippen LogP contribution in [0.2, 0.25) is 0 Å². The molecule has 2 atom stereocenters. The highest BCUT2D eigenvalue weighted by molar-refractivity contribution is 5.92. The normalized spacial score (nSPS) is 24.8. The number of aromatic amines is 1. The lowest BCUT2D eigenvalue weighted by molar-refractivity contribution is -0.0522. The fourth-order valence-electron chi connectivity index (χ4n) is 3.52. The van der Waals surface area contributed by atoms with Crippen molar-refractivity contribution >= 4 is 5.91 Å². The van der Waals surface area contributed by atoms with Crippen LogP contribution in [0.4, 0.5) is 0 Å². The third-order valence-electron chi connectivity index (χ3n) is 4.69. The summed E-state index contributed by atoms with van der Waals surface area (Å²) in [5.41, 5.74) is 0.636. The Morgan fingerprint density at radius 2 is 2.26 bits per heavy atom. The van der Waals surface area contributed by atoms with E-state index in [0.29, 0.717) is 25.4 Å². The van der Waals surface area contributed by atoms with Crippen molar-refractivity contribution in [2.24, 2.45) is 0 Å². The molecular weight excluding hydrogens is 294 g/mol. The summed E-state index contributed by atoms with van der Waals surface area (Å²) in [4.78, 5) is 19.8. The van der Waals surface area contributed by atoms with Gasteiger partial charge in [0.1, 0.15) is 17.2 Å². The summed E-state index contributed by atoms with van der Waals surface area (Å²) in [5, 5.41) is 0. The van der Waals surface area contributed by atoms with Gasteiger partial charge in [-0.15, -0.1) is 0 Å². The minimum atomic E-state index is 0.0433. The van der Waals surface area contributed by atoms with E-state index < -0.39 is 0 Å². The topological polar surface area (TPSA) is 61.7 Å². The maximum absolute atomic E-state index is 12.5. The van der Waals surface area contributed by atoms with Gasteiger partial charge in [-0.05, 0) is 31.2 Å². The molecule has 4 rings (SSSR count). The Kier molecular flexibility index (Phi) is 3.71. The zero-order valence-electron chi connectivity index (χ0n) is 13.2. The Morgan fingerprint density at radius 1 is 1.35 bits per heavy atom. The highest BCUT2D eigenvalue weighted by atomic mass is 16.5. The van der Waals surface area contributed by atoms with Crippen molar-refractivity contribution in [3.8, 4) is 0 Å². The molecule has 6 heteroatoms. The Balaban J connectivity index is 1.47. The number of carbonyl (C=O) groups excluding carboxylic acids is 1. The van der Waals surface area contributed by atoms with Gasteiger partial charge in [0.2, 0.25) is 0 Å². The van der Waals surface area contributed by atoms with Gasteiger partial charge in [-0.1, -0.05) is 0 Å². The molecule has 0 aromatic carbocycles. The number of morpholine rings is 1. The number of nitrogens with one attached hydrogen (secondary N) is 1. The van der Waals surface area contributed by atoms with E-state index in [1.807, 2.05) is 36.1 Å². The molecule has 0 unspecified atom stereocenters. The first-order valence-corrected chi connectivity index (χ1v) is 8.04. The summed E-state index contributed by atoms with van der Waals surface area (Å²) in [6.45, 7) is 5.64. The lowest BCUT2D eigenvalue weighted by atomic mass is 10.1. The minimum absolute atomic E-state index is 0.0433. The number of amides is 1. The van der Waals surface area contributed by atoms with Gasteiger partial charge in [-0.25, -0.2) is 0 Å². The molecule has 2 fully saturated rings. The van der Waals surface area contributed by atoms with Crippen LogP contribution in [0.5, 0.6) is 0 Å². The van der Waals surface area contributed by atoms with Crippen molar-refractivity contribution in [3.05, 3.63) is 47.7 Å². The zero-order valence-corrected chi connectivity index (χ0v) is 13.2. The number of aromatic nitrogens is 1. The second-order valence-electron chi connectivity index (χ2n) is 6.25. The first-order valence-electron chi connectivity index (χ1n) is 8.04. The molecule has 0 aliphatic carbocycles. The molecule has 0 radical (unpaired) electrons. The van der Waals surface area contributed by atoms with Gasteiger partial charge in [0.15, 0.2) is 0 Å². The highest BCUT2D eigenvalue weighted by Crippen LogP contribution is 2.26. The molecule has 4 heterocycles. The third-order valence-corrected chi connectivity index (χ3v) is 4.69. The van der Waals surface area contributed by atoms with Crippen molar-refractivity contribution in [1.82, 2.24) is 14.8 Å². The first kappa shape index (κ1) is 14.5. The molecule has 0 bridgehead atoms. The van der Waals surface area contributed by atoms with Gasteiger partial charge in [0, 0.05) is 25.8 Å². The average molecular weight is 315 g/mol. The maximum atomic E-state index is 12.5. The molecule has 1 amide bonds. The number of furan rings is 1. The molecule has 122 valence electrons. The number of aryl methyl sites for hydroxylation is 1. The molecule has 1 N–H and O–H groups in total. The Labute approximate surface area is 135 Å². The molecule has 6 nitrogen and oxygen atoms in total. The molecule has 2 aliphatic rings. The van der Waals surface area contributed by atoms with E-state index in [1.54, 1.807) is 6.20 Å². The van der Waals surface area contributed by atoms with Crippen LogP contribution in [0.1, 0.15) is 22.0 Å². The van der Waals surface area contributed by atoms with E-state index in [4.69, 9.17) is 9.15 Å². The number of hydrogen-bond donors (Lipinski definition) is 1. The number of nitrogens with zero attached hydrogens (tertiary/aromatic N) is 2. The fraction of sp³-hybridized carbons (Fsp3) is 0.471. The maximum Gasteiger partial charge on any atom is 0.270 e. The lowest BCUT2D eigenvalue weighted by Crippen LogP contribution is -2.50. The summed E-state index contributed by atoms with van der Waals surface area (Å²) in [5.74, 6) is 1.94. The molecule has 0 spiro atoms. The molecule has 23 heavy (non-hydrogen) atoms. The quantitative estimate of drug-likeness (QED) is 0.935. The van der Waals surface area contributed by atoms with E-state index in [-0.39, 0.29) is 18.1 Å². The Bertz CT molecular complexity index is 679. The second-order valence-corrected chi connectivity index (χ2v) is 6.25. The number of rotatable bonds is 3. The Hall–Kier alpha value is -2.05. The van der Waals surface area contributed by atoms with E-state index in [1.165, 1.54) is 0 Å². The summed E-state index contributed by atoms with van der Waals surface area (Å²) < 4.78 is 11.6. The minimum Gasteiger partial charge on any atom is -0.465 e. The van der Waals surface area contributed by atoms with Gasteiger partial charge in [0.05, 0.1) is 25.3 Å². The molecule has 2 aliphatic heterocycles. The lowest BCUT2D eigenvalue weighted by Gasteiger charge is -2.36. The molecule has 0 saturated carbocycles. The van der Waals surface area contributed by atoms with Crippen molar-refractivity contribution in [3.63, 3.8) is 0 Å². The Morgan fingerprint density at radius 3 is 3.00 bits per heavy atom. The van der Waals surface area contributed by atoms with Gasteiger partial charge in [-0.3, -0.25) is 9.69 Å². The van der Waals surface area contributed by atoms with Gasteiger partial charge in [-0.2, -0.15) is 0 Å². The van der Waals surface area contributed by atoms with Crippen LogP contribution in [0.15, 0.2) is 34.9 Å². The SMILES string of the molecule is Cc1ccc(CN2CCO[C@@H]3CN(C(=O)c4ccc[nH]4)C[C@@H]32)o1. The summed E-state index contributed by atoms with van der Waals surface area (Å²) in [6, 6.07) is 7.90. The van der Waals surface area contributed by atoms with Crippen molar-refractivity contribution in [2.75, 3.05) is 26.2 Å². The predicted octanol–water partition coefficient (Wildman–Crippen LogP) is 1.64. The first-order chi connectivity index (χ1) is 11.2.